The van der Waals surface area contributed by atoms with Crippen LogP contribution in [-0.4, -0.2) is 32.5 Å². The topological polar surface area (TPSA) is 118 Å². The van der Waals surface area contributed by atoms with Crippen molar-refractivity contribution < 1.29 is 23.2 Å². The highest BCUT2D eigenvalue weighted by Gasteiger charge is 2.25. The first-order valence-corrected chi connectivity index (χ1v) is 14.7. The fourth-order valence-corrected chi connectivity index (χ4v) is 5.31. The Bertz CT molecular complexity index is 1760. The Labute approximate surface area is 258 Å². The Morgan fingerprint density at radius 1 is 1.11 bits per heavy atom. The second-order valence-electron chi connectivity index (χ2n) is 10.7. The summed E-state index contributed by atoms with van der Waals surface area (Å²) in [5, 5.41) is 12.8. The number of benzene rings is 2. The summed E-state index contributed by atoms with van der Waals surface area (Å²) in [4.78, 5) is 43.0. The molecule has 12 heteroatoms. The first-order valence-electron chi connectivity index (χ1n) is 14.3. The lowest BCUT2D eigenvalue weighted by atomic mass is 9.95. The molecule has 0 fully saturated rings. The van der Waals surface area contributed by atoms with E-state index in [1.165, 1.54) is 23.0 Å². The van der Waals surface area contributed by atoms with Crippen molar-refractivity contribution in [2.24, 2.45) is 5.92 Å². The monoisotopic (exact) mass is 620 g/mol. The lowest BCUT2D eigenvalue weighted by Gasteiger charge is -2.23. The number of nitrogens with one attached hydrogen (secondary N) is 3. The van der Waals surface area contributed by atoms with Crippen molar-refractivity contribution in [1.29, 1.82) is 0 Å². The van der Waals surface area contributed by atoms with E-state index in [4.69, 9.17) is 11.6 Å². The van der Waals surface area contributed by atoms with Crippen molar-refractivity contribution in [3.05, 3.63) is 88.5 Å². The number of carbonyl (C=O) groups excluding carboxylic acids is 3. The minimum Gasteiger partial charge on any atom is -0.344 e. The van der Waals surface area contributed by atoms with Gasteiger partial charge in [-0.15, -0.1) is 0 Å². The SMILES string of the molecule is CCC(=O)Nc1ccc2c(c1)NC(=O)[C@H](C)CCC[C@H](NC(=O)c1cnn(-c3cccc(Cl)c3F)c1C)c1cc-2c(F)cn1. The molecule has 0 saturated heterocycles. The molecule has 0 saturated carbocycles. The van der Waals surface area contributed by atoms with Crippen molar-refractivity contribution >= 4 is 40.7 Å². The number of rotatable bonds is 5. The van der Waals surface area contributed by atoms with Gasteiger partial charge in [-0.25, -0.2) is 13.5 Å². The van der Waals surface area contributed by atoms with Gasteiger partial charge in [0.2, 0.25) is 11.8 Å². The van der Waals surface area contributed by atoms with Crippen LogP contribution in [0.5, 0.6) is 0 Å². The molecule has 3 amide bonds. The minimum absolute atomic E-state index is 0.0683. The van der Waals surface area contributed by atoms with Gasteiger partial charge in [-0.1, -0.05) is 44.0 Å². The lowest BCUT2D eigenvalue weighted by molar-refractivity contribution is -0.119. The summed E-state index contributed by atoms with van der Waals surface area (Å²) in [6.45, 7) is 5.16. The van der Waals surface area contributed by atoms with Gasteiger partial charge in [-0.2, -0.15) is 5.10 Å². The fourth-order valence-electron chi connectivity index (χ4n) is 5.14. The minimum atomic E-state index is -0.659. The number of hydrogen-bond acceptors (Lipinski definition) is 5. The molecule has 0 unspecified atom stereocenters. The number of nitrogens with zero attached hydrogens (tertiary/aromatic N) is 3. The first-order chi connectivity index (χ1) is 21.1. The van der Waals surface area contributed by atoms with Crippen molar-refractivity contribution in [3.63, 3.8) is 0 Å². The van der Waals surface area contributed by atoms with E-state index in [-0.39, 0.29) is 40.1 Å². The van der Waals surface area contributed by atoms with E-state index < -0.39 is 29.5 Å². The standard InChI is InChI=1S/C32H31ClF2N6O3/c1-4-29(42)38-19-11-12-20-21-14-27(36-16-24(21)34)25(9-5-7-17(2)31(43)40-26(20)13-19)39-32(44)22-15-37-41(18(22)3)28-10-6-8-23(33)30(28)35/h6,8,10-17,25H,4-5,7,9H2,1-3H3,(H,38,42)(H,39,44)(H,40,43)/t17-,25+/m1/s1. The summed E-state index contributed by atoms with van der Waals surface area (Å²) in [5.74, 6) is -2.59. The molecule has 0 aliphatic carbocycles. The van der Waals surface area contributed by atoms with Gasteiger partial charge in [0.25, 0.3) is 5.91 Å². The molecule has 2 bridgehead atoms. The largest absolute Gasteiger partial charge is 0.344 e. The van der Waals surface area contributed by atoms with E-state index >= 15 is 4.39 Å². The van der Waals surface area contributed by atoms with Crippen LogP contribution < -0.4 is 16.0 Å². The van der Waals surface area contributed by atoms with E-state index in [1.54, 1.807) is 51.1 Å². The maximum Gasteiger partial charge on any atom is 0.255 e. The summed E-state index contributed by atoms with van der Waals surface area (Å²) in [5.41, 5.74) is 2.52. The van der Waals surface area contributed by atoms with Crippen LogP contribution in [0, 0.1) is 24.5 Å². The molecule has 4 aromatic rings. The van der Waals surface area contributed by atoms with Gasteiger partial charge >= 0.3 is 0 Å². The summed E-state index contributed by atoms with van der Waals surface area (Å²) < 4.78 is 31.3. The average Bonchev–Trinajstić information content (AvgIpc) is 3.38. The molecule has 2 atom stereocenters. The Morgan fingerprint density at radius 3 is 2.68 bits per heavy atom. The van der Waals surface area contributed by atoms with Gasteiger partial charge in [0, 0.05) is 29.2 Å². The molecule has 0 spiro atoms. The molecule has 2 aromatic heterocycles. The zero-order valence-corrected chi connectivity index (χ0v) is 25.1. The molecule has 3 heterocycles. The van der Waals surface area contributed by atoms with Crippen molar-refractivity contribution in [3.8, 4) is 16.8 Å². The molecule has 44 heavy (non-hydrogen) atoms. The van der Waals surface area contributed by atoms with Crippen LogP contribution >= 0.6 is 11.6 Å². The molecule has 5 rings (SSSR count). The van der Waals surface area contributed by atoms with Gasteiger partial charge in [-0.3, -0.25) is 19.4 Å². The highest BCUT2D eigenvalue weighted by atomic mass is 35.5. The van der Waals surface area contributed by atoms with E-state index in [0.717, 1.165) is 6.20 Å². The highest BCUT2D eigenvalue weighted by Crippen LogP contribution is 2.35. The number of halogens is 3. The predicted octanol–water partition coefficient (Wildman–Crippen LogP) is 6.75. The van der Waals surface area contributed by atoms with Crippen LogP contribution in [0.25, 0.3) is 16.8 Å². The van der Waals surface area contributed by atoms with E-state index in [0.29, 0.717) is 47.6 Å². The second-order valence-corrected chi connectivity index (χ2v) is 11.1. The molecular weight excluding hydrogens is 590 g/mol. The highest BCUT2D eigenvalue weighted by molar-refractivity contribution is 6.30. The molecule has 2 aromatic carbocycles. The van der Waals surface area contributed by atoms with Crippen LogP contribution in [0.2, 0.25) is 5.02 Å². The number of hydrogen-bond donors (Lipinski definition) is 3. The molecule has 1 aliphatic heterocycles. The van der Waals surface area contributed by atoms with Crippen molar-refractivity contribution in [2.75, 3.05) is 10.6 Å². The van der Waals surface area contributed by atoms with E-state index in [2.05, 4.69) is 26.0 Å². The maximum atomic E-state index is 15.3. The molecule has 9 nitrogen and oxygen atoms in total. The molecule has 0 radical (unpaired) electrons. The van der Waals surface area contributed by atoms with Gasteiger partial charge in [0.05, 0.1) is 46.1 Å². The number of aromatic nitrogens is 3. The second kappa shape index (κ2) is 12.9. The average molecular weight is 621 g/mol. The first kappa shape index (κ1) is 30.8. The Morgan fingerprint density at radius 2 is 1.91 bits per heavy atom. The van der Waals surface area contributed by atoms with Crippen LogP contribution in [-0.2, 0) is 9.59 Å². The third kappa shape index (κ3) is 6.33. The van der Waals surface area contributed by atoms with E-state index in [9.17, 15) is 18.8 Å². The van der Waals surface area contributed by atoms with Gasteiger partial charge in [0.1, 0.15) is 11.5 Å². The number of fused-ring (bicyclic) bond motifs is 4. The Kier molecular flexibility index (Phi) is 9.05. The zero-order valence-electron chi connectivity index (χ0n) is 24.4. The number of carbonyl (C=O) groups is 3. The maximum absolute atomic E-state index is 15.3. The molecule has 3 N–H and O–H groups in total. The summed E-state index contributed by atoms with van der Waals surface area (Å²) >= 11 is 5.95. The fraction of sp³-hybridized carbons (Fsp3) is 0.281. The normalized spacial score (nSPS) is 16.6. The van der Waals surface area contributed by atoms with Crippen LogP contribution in [0.15, 0.2) is 54.9 Å². The summed E-state index contributed by atoms with van der Waals surface area (Å²) in [7, 11) is 0. The van der Waals surface area contributed by atoms with Crippen molar-refractivity contribution in [1.82, 2.24) is 20.1 Å². The molecule has 228 valence electrons. The van der Waals surface area contributed by atoms with Crippen LogP contribution in [0.1, 0.15) is 67.3 Å². The number of pyridine rings is 1. The summed E-state index contributed by atoms with van der Waals surface area (Å²) in [6.07, 6.45) is 4.20. The van der Waals surface area contributed by atoms with Crippen LogP contribution in [0.3, 0.4) is 0 Å². The van der Waals surface area contributed by atoms with Gasteiger partial charge in [-0.05, 0) is 50.1 Å². The van der Waals surface area contributed by atoms with Crippen LogP contribution in [0.4, 0.5) is 20.2 Å². The third-order valence-corrected chi connectivity index (χ3v) is 7.99. The summed E-state index contributed by atoms with van der Waals surface area (Å²) in [6, 6.07) is 10.3. The lowest BCUT2D eigenvalue weighted by Crippen LogP contribution is -2.30. The third-order valence-electron chi connectivity index (χ3n) is 7.70. The van der Waals surface area contributed by atoms with E-state index in [1.807, 2.05) is 0 Å². The number of amides is 3. The van der Waals surface area contributed by atoms with Gasteiger partial charge < -0.3 is 16.0 Å². The predicted molar refractivity (Wildman–Crippen MR) is 164 cm³/mol. The molecular formula is C32H31ClF2N6O3. The Hall–Kier alpha value is -4.64. The Balaban J connectivity index is 1.51. The smallest absolute Gasteiger partial charge is 0.255 e. The molecule has 1 aliphatic rings. The zero-order chi connectivity index (χ0) is 31.5. The van der Waals surface area contributed by atoms with Crippen molar-refractivity contribution in [2.45, 2.75) is 52.5 Å². The quantitative estimate of drug-likeness (QED) is 0.228. The van der Waals surface area contributed by atoms with Gasteiger partial charge in [0.15, 0.2) is 5.82 Å². The number of anilines is 2.